The Morgan fingerprint density at radius 3 is 2.45 bits per heavy atom. The minimum atomic E-state index is -0.821. The van der Waals surface area contributed by atoms with E-state index in [0.717, 1.165) is 16.1 Å². The summed E-state index contributed by atoms with van der Waals surface area (Å²) in [4.78, 5) is 34.5. The normalized spacial score (nSPS) is 11.5. The average Bonchev–Trinajstić information content (AvgIpc) is 3.43. The number of nitrogens with one attached hydrogen (secondary N) is 2. The zero-order valence-electron chi connectivity index (χ0n) is 22.8. The van der Waals surface area contributed by atoms with Gasteiger partial charge < -0.3 is 21.5 Å². The highest BCUT2D eigenvalue weighted by molar-refractivity contribution is 7.13. The van der Waals surface area contributed by atoms with Crippen LogP contribution in [0.2, 0.25) is 0 Å². The summed E-state index contributed by atoms with van der Waals surface area (Å²) >= 11 is 1.40. The Morgan fingerprint density at radius 2 is 1.77 bits per heavy atom. The molecule has 0 unspecified atom stereocenters. The third-order valence-corrected chi connectivity index (χ3v) is 7.00. The number of rotatable bonds is 10. The molecule has 4 aromatic rings. The monoisotopic (exact) mass is 555 g/mol. The predicted molar refractivity (Wildman–Crippen MR) is 163 cm³/mol. The van der Waals surface area contributed by atoms with E-state index in [9.17, 15) is 14.7 Å². The predicted octanol–water partition coefficient (Wildman–Crippen LogP) is 5.64. The van der Waals surface area contributed by atoms with E-state index in [1.165, 1.54) is 11.3 Å². The van der Waals surface area contributed by atoms with Gasteiger partial charge in [0.1, 0.15) is 10.7 Å². The molecule has 40 heavy (non-hydrogen) atoms. The van der Waals surface area contributed by atoms with Gasteiger partial charge in [-0.15, -0.1) is 11.3 Å². The number of aliphatic hydroxyl groups is 1. The maximum Gasteiger partial charge on any atom is 0.275 e. The van der Waals surface area contributed by atoms with Crippen LogP contribution in [0.3, 0.4) is 0 Å². The molecule has 0 saturated heterocycles. The van der Waals surface area contributed by atoms with Crippen molar-refractivity contribution in [1.29, 1.82) is 0 Å². The second kappa shape index (κ2) is 12.7. The molecule has 0 atom stereocenters. The smallest absolute Gasteiger partial charge is 0.275 e. The molecule has 0 bridgehead atoms. The molecular formula is C31H33N5O3S. The number of nitrogen functional groups attached to an aromatic ring is 1. The van der Waals surface area contributed by atoms with Crippen molar-refractivity contribution in [1.82, 2.24) is 10.3 Å². The van der Waals surface area contributed by atoms with Crippen LogP contribution in [0.1, 0.15) is 53.6 Å². The van der Waals surface area contributed by atoms with E-state index in [4.69, 9.17) is 5.73 Å². The van der Waals surface area contributed by atoms with Gasteiger partial charge in [-0.3, -0.25) is 14.6 Å². The number of hydrogen-bond donors (Lipinski definition) is 4. The molecule has 0 fully saturated rings. The third kappa shape index (κ3) is 7.40. The summed E-state index contributed by atoms with van der Waals surface area (Å²) < 4.78 is 0. The van der Waals surface area contributed by atoms with E-state index in [0.29, 0.717) is 53.3 Å². The molecule has 0 spiro atoms. The van der Waals surface area contributed by atoms with Crippen LogP contribution in [0, 0.1) is 0 Å². The van der Waals surface area contributed by atoms with Gasteiger partial charge in [-0.25, -0.2) is 4.98 Å². The van der Waals surface area contributed by atoms with Crippen molar-refractivity contribution in [3.05, 3.63) is 88.9 Å². The molecule has 4 rings (SSSR count). The minimum Gasteiger partial charge on any atom is -0.398 e. The molecule has 5 N–H and O–H groups in total. The molecule has 2 amide bonds. The maximum absolute atomic E-state index is 13.3. The van der Waals surface area contributed by atoms with Crippen molar-refractivity contribution < 1.29 is 14.7 Å². The Hall–Kier alpha value is -4.34. The van der Waals surface area contributed by atoms with Gasteiger partial charge in [0.25, 0.3) is 11.8 Å². The Balaban J connectivity index is 1.66. The lowest BCUT2D eigenvalue weighted by atomic mass is 9.98. The first-order valence-electron chi connectivity index (χ1n) is 13.0. The summed E-state index contributed by atoms with van der Waals surface area (Å²) in [5.74, 6) is -0.509. The van der Waals surface area contributed by atoms with E-state index in [1.807, 2.05) is 49.4 Å². The van der Waals surface area contributed by atoms with Gasteiger partial charge in [0.15, 0.2) is 0 Å². The van der Waals surface area contributed by atoms with E-state index in [1.54, 1.807) is 49.7 Å². The number of amides is 2. The lowest BCUT2D eigenvalue weighted by molar-refractivity contribution is 0.0739. The maximum atomic E-state index is 13.3. The summed E-state index contributed by atoms with van der Waals surface area (Å²) in [6.45, 7) is 6.30. The van der Waals surface area contributed by atoms with Crippen LogP contribution in [0.15, 0.2) is 77.1 Å². The number of thiazole rings is 1. The fourth-order valence-corrected chi connectivity index (χ4v) is 4.74. The van der Waals surface area contributed by atoms with Gasteiger partial charge in [-0.05, 0) is 57.0 Å². The zero-order valence-corrected chi connectivity index (χ0v) is 23.6. The lowest BCUT2D eigenvalue weighted by Gasteiger charge is -2.15. The van der Waals surface area contributed by atoms with Crippen molar-refractivity contribution in [3.8, 4) is 21.7 Å². The van der Waals surface area contributed by atoms with Crippen molar-refractivity contribution >= 4 is 40.7 Å². The second-order valence-corrected chi connectivity index (χ2v) is 10.8. The molecular weight excluding hydrogens is 522 g/mol. The molecule has 0 aliphatic rings. The van der Waals surface area contributed by atoms with E-state index in [-0.39, 0.29) is 11.8 Å². The number of nitrogens with two attached hydrogens (primary N) is 1. The molecule has 8 nitrogen and oxygen atoms in total. The van der Waals surface area contributed by atoms with Crippen LogP contribution in [-0.2, 0) is 0 Å². The minimum absolute atomic E-state index is 0.155. The molecule has 1 heterocycles. The fourth-order valence-electron chi connectivity index (χ4n) is 3.93. The molecule has 1 aromatic heterocycles. The number of hydrogen-bond acceptors (Lipinski definition) is 7. The van der Waals surface area contributed by atoms with Crippen LogP contribution < -0.4 is 16.4 Å². The number of nitrogens with zero attached hydrogens (tertiary/aromatic N) is 2. The molecule has 0 aliphatic carbocycles. The highest BCUT2D eigenvalue weighted by Crippen LogP contribution is 2.33. The first-order valence-corrected chi connectivity index (χ1v) is 13.9. The molecule has 0 radical (unpaired) electrons. The van der Waals surface area contributed by atoms with Gasteiger partial charge in [0.2, 0.25) is 0 Å². The van der Waals surface area contributed by atoms with Gasteiger partial charge in [-0.1, -0.05) is 42.5 Å². The van der Waals surface area contributed by atoms with Crippen molar-refractivity contribution in [3.63, 3.8) is 0 Å². The number of carbonyl (C=O) groups excluding carboxylic acids is 2. The summed E-state index contributed by atoms with van der Waals surface area (Å²) in [5.41, 5.74) is 10.5. The van der Waals surface area contributed by atoms with Crippen molar-refractivity contribution in [2.75, 3.05) is 24.1 Å². The standard InChI is InChI=1S/C31H33N5O3S/c1-4-34-28(37)21-12-10-20(11-13-21)24-17-25(32)23(18-33-15-14-31(2,3)39)16-26(24)35-29(38)27-19-40-30(36-27)22-8-6-5-7-9-22/h5-13,16-19,39H,4,14-15,32H2,1-3H3,(H,34,37)(H,35,38). The van der Waals surface area contributed by atoms with Crippen molar-refractivity contribution in [2.45, 2.75) is 32.8 Å². The third-order valence-electron chi connectivity index (χ3n) is 6.11. The van der Waals surface area contributed by atoms with Crippen LogP contribution in [0.5, 0.6) is 0 Å². The summed E-state index contributed by atoms with van der Waals surface area (Å²) in [6, 6.07) is 20.4. The number of aliphatic imine (C=N–C) groups is 1. The Morgan fingerprint density at radius 1 is 1.05 bits per heavy atom. The van der Waals surface area contributed by atoms with Gasteiger partial charge in [-0.2, -0.15) is 0 Å². The van der Waals surface area contributed by atoms with E-state index < -0.39 is 5.60 Å². The molecule has 206 valence electrons. The first kappa shape index (κ1) is 28.7. The molecule has 9 heteroatoms. The topological polar surface area (TPSA) is 130 Å². The second-order valence-electron chi connectivity index (χ2n) is 9.92. The number of benzene rings is 3. The number of carbonyl (C=O) groups is 2. The molecule has 3 aromatic carbocycles. The van der Waals surface area contributed by atoms with Gasteiger partial charge >= 0.3 is 0 Å². The molecule has 0 saturated carbocycles. The van der Waals surface area contributed by atoms with Gasteiger partial charge in [0, 0.05) is 58.3 Å². The average molecular weight is 556 g/mol. The first-order chi connectivity index (χ1) is 19.1. The quantitative estimate of drug-likeness (QED) is 0.149. The van der Waals surface area contributed by atoms with Gasteiger partial charge in [0.05, 0.1) is 5.60 Å². The number of aromatic nitrogens is 1. The highest BCUT2D eigenvalue weighted by Gasteiger charge is 2.17. The summed E-state index contributed by atoms with van der Waals surface area (Å²) in [7, 11) is 0. The Kier molecular flexibility index (Phi) is 9.08. The largest absolute Gasteiger partial charge is 0.398 e. The summed E-state index contributed by atoms with van der Waals surface area (Å²) in [5, 5.41) is 18.2. The van der Waals surface area contributed by atoms with Crippen LogP contribution >= 0.6 is 11.3 Å². The van der Waals surface area contributed by atoms with Crippen LogP contribution in [0.25, 0.3) is 21.7 Å². The Labute approximate surface area is 238 Å². The van der Waals surface area contributed by atoms with Crippen molar-refractivity contribution in [2.24, 2.45) is 4.99 Å². The fraction of sp³-hybridized carbons (Fsp3) is 0.226. The van der Waals surface area contributed by atoms with E-state index >= 15 is 0 Å². The Bertz CT molecular complexity index is 1510. The number of anilines is 2. The highest BCUT2D eigenvalue weighted by atomic mass is 32.1. The molecule has 0 aliphatic heterocycles. The lowest BCUT2D eigenvalue weighted by Crippen LogP contribution is -2.22. The summed E-state index contributed by atoms with van der Waals surface area (Å²) in [6.07, 6.45) is 2.14. The SMILES string of the molecule is CCNC(=O)c1ccc(-c2cc(N)c(C=NCCC(C)(C)O)cc2NC(=O)c2csc(-c3ccccc3)n2)cc1. The zero-order chi connectivity index (χ0) is 28.7. The van der Waals surface area contributed by atoms with E-state index in [2.05, 4.69) is 20.6 Å². The van der Waals surface area contributed by atoms with Crippen LogP contribution in [0.4, 0.5) is 11.4 Å². The van der Waals surface area contributed by atoms with Crippen LogP contribution in [-0.4, -0.2) is 46.8 Å².